The predicted octanol–water partition coefficient (Wildman–Crippen LogP) is 40.8. The highest BCUT2D eigenvalue weighted by Gasteiger charge is 2.24. The minimum atomic E-state index is 0.897. The zero-order valence-electron chi connectivity index (χ0n) is 80.9. The Morgan fingerprint density at radius 2 is 0.372 bits per heavy atom. The topological polar surface area (TPSA) is 49.1 Å². The van der Waals surface area contributed by atoms with E-state index in [0.29, 0.717) is 0 Å². The second kappa shape index (κ2) is 39.0. The summed E-state index contributed by atoms with van der Waals surface area (Å²) >= 11 is 0. The minimum Gasteiger partial charge on any atom is -0.455 e. The van der Waals surface area contributed by atoms with Gasteiger partial charge in [0.2, 0.25) is 0 Å². The molecule has 6 nitrogen and oxygen atoms in total. The molecule has 0 radical (unpaired) electrons. The SMILES string of the molecule is c1ccc(-c2ccc(N(c3ccc(-c4cccc(-c5cccc6c5oc5ccccc56)c4)cc3)c3ccc4ccccc4c3)cc2)cc1.c1ccc(-c2cccc3c2oc2c(-c4cccc(N(c5ccc(-c6cccc7ccccc67)cc5)c5cccc6ccccc56)c4)cccc23)cc1.c1ccc(N(c2ccc(-c3ccc(-c4cccc5c4oc4ccccc45)cc3)cc2)c2ccc(-c3cccc4ccccc34)cc2)cc1. The number of furan rings is 3. The van der Waals surface area contributed by atoms with Gasteiger partial charge in [-0.15, -0.1) is 0 Å². The van der Waals surface area contributed by atoms with Crippen molar-refractivity contribution in [2.45, 2.75) is 0 Å². The summed E-state index contributed by atoms with van der Waals surface area (Å²) in [5.41, 5.74) is 36.3. The van der Waals surface area contributed by atoms with E-state index in [1.54, 1.807) is 0 Å². The third-order valence-corrected chi connectivity index (χ3v) is 28.8. The fourth-order valence-corrected chi connectivity index (χ4v) is 21.6. The third-order valence-electron chi connectivity index (χ3n) is 28.8. The Morgan fingerprint density at radius 3 is 0.872 bits per heavy atom. The molecule has 0 aliphatic carbocycles. The maximum Gasteiger partial charge on any atom is 0.143 e. The van der Waals surface area contributed by atoms with Gasteiger partial charge in [0.05, 0.1) is 5.69 Å². The average Bonchev–Trinajstić information content (AvgIpc) is 1.54. The molecule has 148 heavy (non-hydrogen) atoms. The molecule has 0 amide bonds. The molecule has 0 aliphatic rings. The highest BCUT2D eigenvalue weighted by molar-refractivity contribution is 6.15. The van der Waals surface area contributed by atoms with Crippen LogP contribution in [0.15, 0.2) is 590 Å². The van der Waals surface area contributed by atoms with Gasteiger partial charge in [-0.2, -0.15) is 0 Å². The van der Waals surface area contributed by atoms with Gasteiger partial charge in [0.15, 0.2) is 0 Å². The van der Waals surface area contributed by atoms with E-state index in [9.17, 15) is 0 Å². The van der Waals surface area contributed by atoms with E-state index >= 15 is 0 Å². The van der Waals surface area contributed by atoms with Crippen molar-refractivity contribution in [3.8, 4) is 100 Å². The Morgan fingerprint density at radius 1 is 0.115 bits per heavy atom. The van der Waals surface area contributed by atoms with Gasteiger partial charge in [0, 0.05) is 105 Å². The molecule has 0 atom stereocenters. The number of nitrogens with zero attached hydrogens (tertiary/aromatic N) is 3. The first-order chi connectivity index (χ1) is 73.4. The smallest absolute Gasteiger partial charge is 0.143 e. The lowest BCUT2D eigenvalue weighted by molar-refractivity contribution is 0.669. The average molecular weight is 1890 g/mol. The molecule has 696 valence electrons. The van der Waals surface area contributed by atoms with Crippen molar-refractivity contribution in [1.82, 2.24) is 0 Å². The lowest BCUT2D eigenvalue weighted by Crippen LogP contribution is -2.10. The van der Waals surface area contributed by atoms with Crippen LogP contribution in [0.5, 0.6) is 0 Å². The molecule has 28 rings (SSSR count). The number of rotatable bonds is 18. The predicted molar refractivity (Wildman–Crippen MR) is 624 cm³/mol. The molecule has 0 aliphatic heterocycles. The standard InChI is InChI=1S/C50H33NO.2C46H31NO/c1-2-13-36(14-3-1)44-24-11-26-46-47-27-12-25-45(50(47)52-49(44)46)38-19-8-20-40(33-38)51(48-28-10-18-35-16-5-7-22-43(35)48)39-31-29-37(30-32-39)42-23-9-17-34-15-4-6-21-41(34)42;1-2-12-37(13-3-1)47(39-30-26-35(27-31-39)41-16-8-11-34-10-4-5-14-40(34)41)38-28-24-33(25-29-38)32-20-22-36(23-21-32)42-17-9-18-44-43-15-6-7-19-45(43)48-46(42)44;1-2-10-32(11-3-1)34-20-25-39(26-21-34)47(41-29-24-33-12-4-5-13-37(33)31-41)40-27-22-35(23-28-40)36-14-8-15-38(30-36)42-17-9-18-44-43-16-6-7-19-45(43)48-46(42)44/h1-33H;2*1-31H. The zero-order valence-corrected chi connectivity index (χ0v) is 80.9. The molecule has 3 heterocycles. The fraction of sp³-hybridized carbons (Fsp3) is 0. The summed E-state index contributed by atoms with van der Waals surface area (Å²) in [6.07, 6.45) is 0. The summed E-state index contributed by atoms with van der Waals surface area (Å²) in [5.74, 6) is 0. The second-order valence-corrected chi connectivity index (χ2v) is 37.6. The van der Waals surface area contributed by atoms with Crippen LogP contribution in [0.25, 0.3) is 209 Å². The Bertz CT molecular complexity index is 9750. The van der Waals surface area contributed by atoms with Gasteiger partial charge in [0.25, 0.3) is 0 Å². The molecule has 3 aromatic heterocycles. The van der Waals surface area contributed by atoms with E-state index in [-0.39, 0.29) is 0 Å². The summed E-state index contributed by atoms with van der Waals surface area (Å²) in [7, 11) is 0. The summed E-state index contributed by atoms with van der Waals surface area (Å²) in [4.78, 5) is 7.03. The Balaban J connectivity index is 0.000000112. The molecule has 0 unspecified atom stereocenters. The van der Waals surface area contributed by atoms with E-state index in [0.717, 1.165) is 173 Å². The molecule has 0 saturated carbocycles. The van der Waals surface area contributed by atoms with Crippen molar-refractivity contribution < 1.29 is 13.3 Å². The first kappa shape index (κ1) is 88.5. The van der Waals surface area contributed by atoms with Crippen molar-refractivity contribution in [2.24, 2.45) is 0 Å². The Labute approximate surface area is 858 Å². The van der Waals surface area contributed by atoms with Crippen molar-refractivity contribution in [3.63, 3.8) is 0 Å². The van der Waals surface area contributed by atoms with Gasteiger partial charge >= 0.3 is 0 Å². The number of anilines is 9. The number of hydrogen-bond donors (Lipinski definition) is 0. The van der Waals surface area contributed by atoms with E-state index in [4.69, 9.17) is 13.3 Å². The van der Waals surface area contributed by atoms with Crippen LogP contribution in [-0.4, -0.2) is 0 Å². The summed E-state index contributed by atoms with van der Waals surface area (Å²) in [6, 6.07) is 205. The Kier molecular flexibility index (Phi) is 23.3. The van der Waals surface area contributed by atoms with Gasteiger partial charge in [-0.05, 0) is 237 Å². The van der Waals surface area contributed by atoms with Crippen LogP contribution in [-0.2, 0) is 0 Å². The van der Waals surface area contributed by atoms with Crippen LogP contribution >= 0.6 is 0 Å². The largest absolute Gasteiger partial charge is 0.455 e. The molecule has 0 spiro atoms. The normalized spacial score (nSPS) is 11.4. The zero-order chi connectivity index (χ0) is 98.2. The van der Waals surface area contributed by atoms with Gasteiger partial charge in [-0.3, -0.25) is 0 Å². The molecule has 28 aromatic rings. The van der Waals surface area contributed by atoms with E-state index in [1.165, 1.54) is 87.6 Å². The van der Waals surface area contributed by atoms with Gasteiger partial charge in [-0.1, -0.05) is 455 Å². The molecular formula is C142H95N3O3. The molecular weight excluding hydrogens is 1800 g/mol. The minimum absolute atomic E-state index is 0.897. The number of fused-ring (bicyclic) bond motifs is 13. The number of para-hydroxylation sites is 7. The van der Waals surface area contributed by atoms with Crippen LogP contribution in [0.2, 0.25) is 0 Å². The highest BCUT2D eigenvalue weighted by atomic mass is 16.3. The molecule has 0 fully saturated rings. The quantitative estimate of drug-likeness (QED) is 0.0853. The molecule has 0 bridgehead atoms. The molecule has 0 N–H and O–H groups in total. The monoisotopic (exact) mass is 1890 g/mol. The van der Waals surface area contributed by atoms with Gasteiger partial charge in [-0.25, -0.2) is 0 Å². The highest BCUT2D eigenvalue weighted by Crippen LogP contribution is 2.49. The molecule has 25 aromatic carbocycles. The Hall–Kier alpha value is -19.7. The maximum absolute atomic E-state index is 6.82. The van der Waals surface area contributed by atoms with E-state index < -0.39 is 0 Å². The molecule has 6 heteroatoms. The number of benzene rings is 25. The number of hydrogen-bond acceptors (Lipinski definition) is 6. The lowest BCUT2D eigenvalue weighted by atomic mass is 9.97. The van der Waals surface area contributed by atoms with Crippen LogP contribution in [0.4, 0.5) is 51.2 Å². The van der Waals surface area contributed by atoms with Gasteiger partial charge in [0.1, 0.15) is 33.5 Å². The maximum atomic E-state index is 6.82. The summed E-state index contributed by atoms with van der Waals surface area (Å²) in [5, 5.41) is 16.7. The first-order valence-electron chi connectivity index (χ1n) is 50.5. The van der Waals surface area contributed by atoms with Crippen molar-refractivity contribution in [1.29, 1.82) is 0 Å². The van der Waals surface area contributed by atoms with Gasteiger partial charge < -0.3 is 28.0 Å². The van der Waals surface area contributed by atoms with Crippen LogP contribution in [0.1, 0.15) is 0 Å². The lowest BCUT2D eigenvalue weighted by Gasteiger charge is -2.27. The summed E-state index contributed by atoms with van der Waals surface area (Å²) in [6.45, 7) is 0. The van der Waals surface area contributed by atoms with Crippen molar-refractivity contribution in [2.75, 3.05) is 14.7 Å². The third kappa shape index (κ3) is 17.0. The summed E-state index contributed by atoms with van der Waals surface area (Å²) < 4.78 is 19.5. The second-order valence-electron chi connectivity index (χ2n) is 37.6. The van der Waals surface area contributed by atoms with Crippen molar-refractivity contribution >= 4 is 160 Å². The van der Waals surface area contributed by atoms with E-state index in [1.807, 2.05) is 30.3 Å². The van der Waals surface area contributed by atoms with Crippen LogP contribution in [0.3, 0.4) is 0 Å². The van der Waals surface area contributed by atoms with Crippen LogP contribution < -0.4 is 14.7 Å². The van der Waals surface area contributed by atoms with Crippen molar-refractivity contribution in [3.05, 3.63) is 576 Å². The fourth-order valence-electron chi connectivity index (χ4n) is 21.6. The van der Waals surface area contributed by atoms with Crippen LogP contribution in [0, 0.1) is 0 Å². The van der Waals surface area contributed by atoms with E-state index in [2.05, 4.69) is 561 Å². The molecule has 0 saturated heterocycles. The first-order valence-corrected chi connectivity index (χ1v) is 50.5.